The number of nitrogens with one attached hydrogen (secondary N) is 2. The van der Waals surface area contributed by atoms with Crippen molar-refractivity contribution >= 4 is 46.4 Å². The second kappa shape index (κ2) is 12.0. The number of hydrogen-bond donors (Lipinski definition) is 2. The molecule has 2 N–H and O–H groups in total. The Bertz CT molecular complexity index is 2400. The van der Waals surface area contributed by atoms with Gasteiger partial charge in [0.15, 0.2) is 0 Å². The Hall–Kier alpha value is -5.74. The molecule has 3 aromatic heterocycles. The van der Waals surface area contributed by atoms with Crippen molar-refractivity contribution in [2.45, 2.75) is 52.4 Å². The molecule has 6 aromatic rings. The number of hydrogen-bond acceptors (Lipinski definition) is 2. The normalized spacial score (nSPS) is 12.8. The largest absolute Gasteiger partial charge is 0.355 e. The number of fused-ring (bicyclic) bond motifs is 8. The number of aromatic amines is 2. The molecule has 50 heavy (non-hydrogen) atoms. The third-order valence-corrected chi connectivity index (χ3v) is 9.72. The molecule has 8 bridgehead atoms. The van der Waals surface area contributed by atoms with Crippen LogP contribution in [0.4, 0.5) is 0 Å². The highest BCUT2D eigenvalue weighted by Gasteiger charge is 2.19. The summed E-state index contributed by atoms with van der Waals surface area (Å²) < 4.78 is 0. The van der Waals surface area contributed by atoms with Crippen LogP contribution in [-0.2, 0) is 10.8 Å². The van der Waals surface area contributed by atoms with Crippen molar-refractivity contribution in [1.82, 2.24) is 19.9 Å². The van der Waals surface area contributed by atoms with Crippen LogP contribution < -0.4 is 0 Å². The maximum atomic E-state index is 5.37. The summed E-state index contributed by atoms with van der Waals surface area (Å²) in [6, 6.07) is 39.2. The molecule has 0 spiro atoms. The SMILES string of the molecule is CC(C)(C)c1ccc(-c2c3nc(c(-c4ccccc4)c4ccc([nH]4)c(-c4ccc(C(C)(C)C)cc4)c4nc(cc5ccc2[nH]5)C=C4)C=C3)cc1. The monoisotopic (exact) mass is 650 g/mol. The Labute approximate surface area is 294 Å². The van der Waals surface area contributed by atoms with Gasteiger partial charge in [0.1, 0.15) is 0 Å². The van der Waals surface area contributed by atoms with Crippen LogP contribution >= 0.6 is 0 Å². The van der Waals surface area contributed by atoms with E-state index in [4.69, 9.17) is 9.97 Å². The molecule has 4 heteroatoms. The molecule has 8 rings (SSSR count). The van der Waals surface area contributed by atoms with E-state index in [1.807, 2.05) is 0 Å². The smallest absolute Gasteiger partial charge is 0.0737 e. The van der Waals surface area contributed by atoms with Gasteiger partial charge in [0.05, 0.1) is 22.8 Å². The number of H-pyrrole nitrogens is 2. The molecule has 0 saturated heterocycles. The highest BCUT2D eigenvalue weighted by atomic mass is 14.8. The lowest BCUT2D eigenvalue weighted by Gasteiger charge is -2.19. The fraction of sp³-hybridized carbons (Fsp3) is 0.174. The maximum absolute atomic E-state index is 5.37. The Morgan fingerprint density at radius 3 is 1.38 bits per heavy atom. The van der Waals surface area contributed by atoms with Crippen molar-refractivity contribution in [2.24, 2.45) is 0 Å². The van der Waals surface area contributed by atoms with Gasteiger partial charge in [0.25, 0.3) is 0 Å². The van der Waals surface area contributed by atoms with E-state index in [2.05, 4.69) is 185 Å². The number of benzene rings is 3. The van der Waals surface area contributed by atoms with Crippen LogP contribution in [0.25, 0.3) is 79.8 Å². The van der Waals surface area contributed by atoms with Crippen molar-refractivity contribution in [1.29, 1.82) is 0 Å². The van der Waals surface area contributed by atoms with E-state index < -0.39 is 0 Å². The summed E-state index contributed by atoms with van der Waals surface area (Å²) in [5.74, 6) is 0. The summed E-state index contributed by atoms with van der Waals surface area (Å²) in [6.07, 6.45) is 8.53. The van der Waals surface area contributed by atoms with Crippen LogP contribution in [0, 0.1) is 0 Å². The fourth-order valence-corrected chi connectivity index (χ4v) is 6.93. The average Bonchev–Trinajstić information content (AvgIpc) is 3.92. The molecule has 0 radical (unpaired) electrons. The van der Waals surface area contributed by atoms with Crippen molar-refractivity contribution in [3.63, 3.8) is 0 Å². The highest BCUT2D eigenvalue weighted by Crippen LogP contribution is 2.37. The van der Waals surface area contributed by atoms with E-state index in [0.717, 1.165) is 78.2 Å². The van der Waals surface area contributed by atoms with Gasteiger partial charge >= 0.3 is 0 Å². The lowest BCUT2D eigenvalue weighted by molar-refractivity contribution is 0.590. The molecule has 4 nitrogen and oxygen atoms in total. The highest BCUT2D eigenvalue weighted by molar-refractivity contribution is 5.97. The van der Waals surface area contributed by atoms with E-state index in [9.17, 15) is 0 Å². The second-order valence-corrected chi connectivity index (χ2v) is 15.4. The van der Waals surface area contributed by atoms with Gasteiger partial charge in [0, 0.05) is 38.8 Å². The van der Waals surface area contributed by atoms with Gasteiger partial charge in [0.2, 0.25) is 0 Å². The van der Waals surface area contributed by atoms with Crippen LogP contribution in [0.15, 0.2) is 109 Å². The number of aromatic nitrogens is 4. The van der Waals surface area contributed by atoms with Crippen LogP contribution in [0.2, 0.25) is 0 Å². The van der Waals surface area contributed by atoms with E-state index in [0.29, 0.717) is 0 Å². The molecule has 0 atom stereocenters. The van der Waals surface area contributed by atoms with E-state index in [1.54, 1.807) is 0 Å². The standard InChI is InChI=1S/C46H42N4/c1-45(2,3)32-16-12-30(13-17-32)43-36-22-20-34(47-36)28-35-21-23-37(48-35)44(31-14-18-33(19-15-31)46(4,5)6)41-27-25-39(50-41)42(29-10-8-7-9-11-29)38-24-26-40(43)49-38/h7-28,47,50H,1-6H3. The minimum atomic E-state index is 0.0664. The summed E-state index contributed by atoms with van der Waals surface area (Å²) in [5, 5.41) is 0. The van der Waals surface area contributed by atoms with Crippen molar-refractivity contribution in [2.75, 3.05) is 0 Å². The molecule has 0 unspecified atom stereocenters. The molecular weight excluding hydrogens is 609 g/mol. The summed E-state index contributed by atoms with van der Waals surface area (Å²) in [4.78, 5) is 18.1. The molecule has 0 saturated carbocycles. The Morgan fingerprint density at radius 2 is 0.860 bits per heavy atom. The van der Waals surface area contributed by atoms with Gasteiger partial charge in [-0.2, -0.15) is 0 Å². The Morgan fingerprint density at radius 1 is 0.420 bits per heavy atom. The summed E-state index contributed by atoms with van der Waals surface area (Å²) in [5.41, 5.74) is 16.9. The van der Waals surface area contributed by atoms with Crippen LogP contribution in [-0.4, -0.2) is 19.9 Å². The number of nitrogens with zero attached hydrogens (tertiary/aromatic N) is 2. The van der Waals surface area contributed by atoms with Crippen LogP contribution in [0.1, 0.15) is 75.4 Å². The molecule has 0 aliphatic carbocycles. The first-order valence-corrected chi connectivity index (χ1v) is 17.4. The first-order valence-electron chi connectivity index (χ1n) is 17.4. The quantitative estimate of drug-likeness (QED) is 0.200. The van der Waals surface area contributed by atoms with Gasteiger partial charge in [-0.15, -0.1) is 0 Å². The van der Waals surface area contributed by atoms with Gasteiger partial charge in [-0.25, -0.2) is 9.97 Å². The van der Waals surface area contributed by atoms with Crippen molar-refractivity contribution in [3.05, 3.63) is 143 Å². The summed E-state index contributed by atoms with van der Waals surface area (Å²) in [7, 11) is 0. The minimum Gasteiger partial charge on any atom is -0.355 e. The van der Waals surface area contributed by atoms with Gasteiger partial charge < -0.3 is 9.97 Å². The predicted molar refractivity (Wildman–Crippen MR) is 213 cm³/mol. The van der Waals surface area contributed by atoms with E-state index in [1.165, 1.54) is 11.1 Å². The topological polar surface area (TPSA) is 57.4 Å². The summed E-state index contributed by atoms with van der Waals surface area (Å²) >= 11 is 0. The van der Waals surface area contributed by atoms with Crippen LogP contribution in [0.5, 0.6) is 0 Å². The lowest BCUT2D eigenvalue weighted by atomic mass is 9.86. The Balaban J connectivity index is 1.46. The summed E-state index contributed by atoms with van der Waals surface area (Å²) in [6.45, 7) is 13.5. The molecule has 2 aliphatic heterocycles. The Kier molecular flexibility index (Phi) is 7.56. The molecule has 5 heterocycles. The molecule has 0 amide bonds. The molecule has 2 aliphatic rings. The van der Waals surface area contributed by atoms with E-state index >= 15 is 0 Å². The van der Waals surface area contributed by atoms with Crippen molar-refractivity contribution < 1.29 is 0 Å². The first kappa shape index (κ1) is 31.5. The lowest BCUT2D eigenvalue weighted by Crippen LogP contribution is -2.10. The number of rotatable bonds is 3. The van der Waals surface area contributed by atoms with Crippen molar-refractivity contribution in [3.8, 4) is 33.4 Å². The zero-order valence-corrected chi connectivity index (χ0v) is 29.6. The van der Waals surface area contributed by atoms with Crippen LogP contribution in [0.3, 0.4) is 0 Å². The van der Waals surface area contributed by atoms with Gasteiger partial charge in [-0.1, -0.05) is 120 Å². The zero-order chi connectivity index (χ0) is 34.6. The molecular formula is C46H42N4. The fourth-order valence-electron chi connectivity index (χ4n) is 6.93. The third kappa shape index (κ3) is 5.92. The maximum Gasteiger partial charge on any atom is 0.0737 e. The minimum absolute atomic E-state index is 0.0664. The average molecular weight is 651 g/mol. The molecule has 246 valence electrons. The van der Waals surface area contributed by atoms with E-state index in [-0.39, 0.29) is 10.8 Å². The van der Waals surface area contributed by atoms with Gasteiger partial charge in [-0.3, -0.25) is 0 Å². The predicted octanol–water partition coefficient (Wildman–Crippen LogP) is 12.3. The van der Waals surface area contributed by atoms with Gasteiger partial charge in [-0.05, 0) is 93.3 Å². The first-order chi connectivity index (χ1) is 24.0. The molecule has 3 aromatic carbocycles. The molecule has 0 fully saturated rings. The second-order valence-electron chi connectivity index (χ2n) is 15.4. The third-order valence-electron chi connectivity index (χ3n) is 9.72. The zero-order valence-electron chi connectivity index (χ0n) is 29.6.